The molecule has 11 heteroatoms. The summed E-state index contributed by atoms with van der Waals surface area (Å²) < 4.78 is 14.5. The average molecular weight is 618 g/mol. The second kappa shape index (κ2) is 12.6. The minimum absolute atomic E-state index is 0.321. The fourth-order valence-corrected chi connectivity index (χ4v) is 5.65. The molecule has 0 aliphatic rings. The third-order valence-electron chi connectivity index (χ3n) is 5.65. The van der Waals surface area contributed by atoms with Gasteiger partial charge >= 0.3 is 0 Å². The van der Waals surface area contributed by atoms with Gasteiger partial charge in [0.05, 0.1) is 11.1 Å². The van der Waals surface area contributed by atoms with E-state index in [4.69, 9.17) is 21.1 Å². The van der Waals surface area contributed by atoms with E-state index in [1.165, 1.54) is 17.3 Å². The van der Waals surface area contributed by atoms with Gasteiger partial charge < -0.3 is 9.47 Å². The van der Waals surface area contributed by atoms with E-state index < -0.39 is 5.25 Å². The van der Waals surface area contributed by atoms with Crippen LogP contribution in [0.25, 0.3) is 5.69 Å². The van der Waals surface area contributed by atoms with Crippen LogP contribution in [0.5, 0.6) is 11.5 Å². The summed E-state index contributed by atoms with van der Waals surface area (Å²) in [6.07, 6.45) is 0. The highest BCUT2D eigenvalue weighted by molar-refractivity contribution is 9.10. The van der Waals surface area contributed by atoms with Crippen molar-refractivity contribution in [3.05, 3.63) is 103 Å². The summed E-state index contributed by atoms with van der Waals surface area (Å²) in [5.41, 5.74) is 3.71. The molecule has 0 N–H and O–H groups in total. The smallest absolute Gasteiger partial charge is 0.220 e. The zero-order chi connectivity index (χ0) is 27.2. The van der Waals surface area contributed by atoms with Gasteiger partial charge in [-0.25, -0.2) is 0 Å². The van der Waals surface area contributed by atoms with Crippen LogP contribution >= 0.6 is 39.3 Å². The van der Waals surface area contributed by atoms with Crippen molar-refractivity contribution in [3.8, 4) is 17.2 Å². The van der Waals surface area contributed by atoms with Gasteiger partial charge in [0.25, 0.3) is 0 Å². The highest BCUT2D eigenvalue weighted by Gasteiger charge is 2.26. The number of aromatic nitrogens is 3. The summed E-state index contributed by atoms with van der Waals surface area (Å²) in [7, 11) is 0. The molecular formula is C27H26BrClN4O4S. The molecule has 0 radical (unpaired) electrons. The van der Waals surface area contributed by atoms with Gasteiger partial charge in [0.15, 0.2) is 16.7 Å². The summed E-state index contributed by atoms with van der Waals surface area (Å²) >= 11 is 10.9. The molecule has 4 aromatic rings. The van der Waals surface area contributed by atoms with Gasteiger partial charge in [0, 0.05) is 15.6 Å². The van der Waals surface area contributed by atoms with Gasteiger partial charge in [-0.1, -0.05) is 53.2 Å². The molecule has 38 heavy (non-hydrogen) atoms. The predicted molar refractivity (Wildman–Crippen MR) is 152 cm³/mol. The average Bonchev–Trinajstić information content (AvgIpc) is 3.24. The monoisotopic (exact) mass is 616 g/mol. The highest BCUT2D eigenvalue weighted by Crippen LogP contribution is 2.43. The molecule has 1 heterocycles. The fourth-order valence-electron chi connectivity index (χ4n) is 3.80. The van der Waals surface area contributed by atoms with E-state index in [9.17, 15) is 10.1 Å². The van der Waals surface area contributed by atoms with E-state index in [1.807, 2.05) is 67.8 Å². The Morgan fingerprint density at radius 1 is 1.08 bits per heavy atom. The van der Waals surface area contributed by atoms with Crippen molar-refractivity contribution in [3.63, 3.8) is 0 Å². The van der Waals surface area contributed by atoms with E-state index in [0.717, 1.165) is 11.3 Å². The number of thioether (sulfide) groups is 1. The molecule has 0 aliphatic carbocycles. The summed E-state index contributed by atoms with van der Waals surface area (Å²) in [5, 5.41) is 20.8. The lowest BCUT2D eigenvalue weighted by Crippen LogP contribution is -2.12. The van der Waals surface area contributed by atoms with Gasteiger partial charge in [-0.05, 0) is 84.2 Å². The maximum atomic E-state index is 11.7. The van der Waals surface area contributed by atoms with Crippen molar-refractivity contribution < 1.29 is 14.4 Å². The third kappa shape index (κ3) is 6.86. The number of nitrogens with zero attached hydrogens (tertiary/aromatic N) is 4. The van der Waals surface area contributed by atoms with Crippen molar-refractivity contribution in [1.82, 2.24) is 14.8 Å². The van der Waals surface area contributed by atoms with Crippen LogP contribution in [0.3, 0.4) is 0 Å². The maximum absolute atomic E-state index is 11.7. The van der Waals surface area contributed by atoms with Crippen LogP contribution in [-0.2, 0) is 6.61 Å². The lowest BCUT2D eigenvalue weighted by molar-refractivity contribution is -0.479. The van der Waals surface area contributed by atoms with Crippen molar-refractivity contribution >= 4 is 39.3 Å². The third-order valence-corrected chi connectivity index (χ3v) is 7.67. The summed E-state index contributed by atoms with van der Waals surface area (Å²) in [5.74, 6) is 1.71. The Labute approximate surface area is 238 Å². The quantitative estimate of drug-likeness (QED) is 0.0984. The van der Waals surface area contributed by atoms with Gasteiger partial charge in [-0.15, -0.1) is 10.2 Å². The number of benzene rings is 3. The normalized spacial score (nSPS) is 11.8. The lowest BCUT2D eigenvalue weighted by atomic mass is 10.1. The van der Waals surface area contributed by atoms with E-state index >= 15 is 0 Å². The first-order valence-electron chi connectivity index (χ1n) is 11.9. The number of halogens is 2. The molecule has 0 saturated heterocycles. The van der Waals surface area contributed by atoms with Gasteiger partial charge in [0.1, 0.15) is 17.7 Å². The minimum atomic E-state index is -0.568. The number of hydrogen-bond acceptors (Lipinski definition) is 7. The van der Waals surface area contributed by atoms with Crippen molar-refractivity contribution in [2.45, 2.75) is 37.8 Å². The van der Waals surface area contributed by atoms with Gasteiger partial charge in [0.2, 0.25) is 6.54 Å². The van der Waals surface area contributed by atoms with Crippen LogP contribution in [0.2, 0.25) is 5.02 Å². The molecule has 3 aromatic carbocycles. The predicted octanol–water partition coefficient (Wildman–Crippen LogP) is 7.39. The molecule has 0 unspecified atom stereocenters. The number of nitro groups is 1. The van der Waals surface area contributed by atoms with Crippen LogP contribution in [-0.4, -0.2) is 32.8 Å². The molecule has 1 atom stereocenters. The number of rotatable bonds is 11. The summed E-state index contributed by atoms with van der Waals surface area (Å²) in [6, 6.07) is 19.0. The number of aryl methyl sites for hydroxylation is 2. The maximum Gasteiger partial charge on any atom is 0.220 e. The van der Waals surface area contributed by atoms with Crippen LogP contribution < -0.4 is 9.47 Å². The molecular weight excluding hydrogens is 592 g/mol. The van der Waals surface area contributed by atoms with Crippen LogP contribution in [0, 0.1) is 24.0 Å². The summed E-state index contributed by atoms with van der Waals surface area (Å²) in [4.78, 5) is 11.4. The largest absolute Gasteiger partial charge is 0.490 e. The van der Waals surface area contributed by atoms with Crippen molar-refractivity contribution in [2.75, 3.05) is 13.2 Å². The lowest BCUT2D eigenvalue weighted by Gasteiger charge is -2.19. The van der Waals surface area contributed by atoms with Crippen LogP contribution in [0.1, 0.15) is 34.7 Å². The molecule has 198 valence electrons. The molecule has 1 aromatic heterocycles. The van der Waals surface area contributed by atoms with Crippen LogP contribution in [0.15, 0.2) is 70.3 Å². The second-order valence-corrected chi connectivity index (χ2v) is 11.0. The topological polar surface area (TPSA) is 92.3 Å². The first-order chi connectivity index (χ1) is 18.2. The Kier molecular flexibility index (Phi) is 9.30. The molecule has 8 nitrogen and oxygen atoms in total. The Balaban J connectivity index is 1.66. The fraction of sp³-hybridized carbons (Fsp3) is 0.259. The number of ether oxygens (including phenoxy) is 2. The molecule has 0 amide bonds. The Bertz CT molecular complexity index is 1410. The van der Waals surface area contributed by atoms with Gasteiger partial charge in [-0.3, -0.25) is 14.7 Å². The first kappa shape index (κ1) is 27.9. The summed E-state index contributed by atoms with van der Waals surface area (Å²) in [6.45, 7) is 6.19. The Morgan fingerprint density at radius 3 is 2.45 bits per heavy atom. The zero-order valence-corrected chi connectivity index (χ0v) is 24.2. The standard InChI is InChI=1S/C27H26BrClN4O4S/c1-4-36-24-14-20(13-23(28)26(24)37-16-19-7-5-17(2)6-8-19)25(15-32(34)35)38-27-31-30-18(3)33(27)22-11-9-21(29)10-12-22/h5-14,25H,4,15-16H2,1-3H3/t25-/m1/s1. The van der Waals surface area contributed by atoms with E-state index in [2.05, 4.69) is 26.1 Å². The molecule has 0 aliphatic heterocycles. The number of hydrogen-bond donors (Lipinski definition) is 0. The second-order valence-electron chi connectivity index (χ2n) is 8.50. The molecule has 4 rings (SSSR count). The SMILES string of the molecule is CCOc1cc([C@@H](C[N+](=O)[O-])Sc2nnc(C)n2-c2ccc(Cl)cc2)cc(Br)c1OCc1ccc(C)cc1. The molecule has 0 fully saturated rings. The van der Waals surface area contributed by atoms with E-state index in [1.54, 1.807) is 18.2 Å². The highest BCUT2D eigenvalue weighted by atomic mass is 79.9. The Hall–Kier alpha value is -3.08. The van der Waals surface area contributed by atoms with Crippen LogP contribution in [0.4, 0.5) is 0 Å². The van der Waals surface area contributed by atoms with E-state index in [-0.39, 0.29) is 11.5 Å². The van der Waals surface area contributed by atoms with E-state index in [0.29, 0.717) is 50.8 Å². The first-order valence-corrected chi connectivity index (χ1v) is 13.9. The zero-order valence-electron chi connectivity index (χ0n) is 21.1. The molecule has 0 saturated carbocycles. The Morgan fingerprint density at radius 2 is 1.79 bits per heavy atom. The molecule has 0 spiro atoms. The minimum Gasteiger partial charge on any atom is -0.490 e. The van der Waals surface area contributed by atoms with Crippen molar-refractivity contribution in [1.29, 1.82) is 0 Å². The van der Waals surface area contributed by atoms with Gasteiger partial charge in [-0.2, -0.15) is 0 Å². The van der Waals surface area contributed by atoms with Crippen molar-refractivity contribution in [2.24, 2.45) is 0 Å². The molecule has 0 bridgehead atoms.